The van der Waals surface area contributed by atoms with E-state index in [0.717, 1.165) is 61.8 Å². The van der Waals surface area contributed by atoms with Gasteiger partial charge in [0.15, 0.2) is 6.29 Å². The molecule has 2 heterocycles. The lowest BCUT2D eigenvalue weighted by Gasteiger charge is -2.39. The number of ether oxygens (including phenoxy) is 3. The summed E-state index contributed by atoms with van der Waals surface area (Å²) < 4.78 is 16.4. The number of rotatable bonds is 14. The van der Waals surface area contributed by atoms with E-state index in [-0.39, 0.29) is 0 Å². The summed E-state index contributed by atoms with van der Waals surface area (Å²) >= 11 is 0. The molecule has 0 aliphatic carbocycles. The van der Waals surface area contributed by atoms with Crippen molar-refractivity contribution in [1.82, 2.24) is 4.98 Å². The number of unbranched alkanes of at least 4 members (excludes halogenated alkanes) is 7. The molecule has 5 atom stereocenters. The largest absolute Gasteiger partial charge is 0.494 e. The van der Waals surface area contributed by atoms with Gasteiger partial charge in [-0.05, 0) is 37.1 Å². The highest BCUT2D eigenvalue weighted by Gasteiger charge is 2.44. The average molecular weight is 464 g/mol. The van der Waals surface area contributed by atoms with E-state index in [0.29, 0.717) is 6.61 Å². The third-order valence-electron chi connectivity index (χ3n) is 6.03. The number of pyridine rings is 1. The van der Waals surface area contributed by atoms with Crippen LogP contribution in [0.4, 0.5) is 0 Å². The van der Waals surface area contributed by atoms with Gasteiger partial charge in [0.25, 0.3) is 0 Å². The minimum atomic E-state index is -1.47. The van der Waals surface area contributed by atoms with Gasteiger partial charge in [-0.2, -0.15) is 0 Å². The van der Waals surface area contributed by atoms with Crippen LogP contribution in [0.1, 0.15) is 51.4 Å². The molecule has 3 rings (SSSR count). The molecule has 1 saturated heterocycles. The molecule has 4 N–H and O–H groups in total. The summed E-state index contributed by atoms with van der Waals surface area (Å²) in [6, 6.07) is 9.95. The maximum Gasteiger partial charge on any atom is 0.184 e. The molecule has 0 radical (unpaired) electrons. The third kappa shape index (κ3) is 7.88. The highest BCUT2D eigenvalue weighted by Crippen LogP contribution is 2.23. The number of aromatic nitrogens is 1. The van der Waals surface area contributed by atoms with E-state index in [1.165, 1.54) is 12.8 Å². The van der Waals surface area contributed by atoms with Crippen LogP contribution in [0.5, 0.6) is 5.75 Å². The summed E-state index contributed by atoms with van der Waals surface area (Å²) in [5, 5.41) is 40.0. The van der Waals surface area contributed by atoms with Crippen molar-refractivity contribution in [3.05, 3.63) is 36.5 Å². The highest BCUT2D eigenvalue weighted by atomic mass is 16.6. The van der Waals surface area contributed by atoms with E-state index in [1.54, 1.807) is 6.20 Å². The van der Waals surface area contributed by atoms with Gasteiger partial charge in [-0.3, -0.25) is 4.98 Å². The van der Waals surface area contributed by atoms with Crippen LogP contribution in [0.25, 0.3) is 10.9 Å². The molecule has 8 heteroatoms. The van der Waals surface area contributed by atoms with E-state index in [9.17, 15) is 20.4 Å². The first-order chi connectivity index (χ1) is 16.1. The van der Waals surface area contributed by atoms with Gasteiger partial charge in [-0.15, -0.1) is 0 Å². The zero-order valence-electron chi connectivity index (χ0n) is 19.1. The smallest absolute Gasteiger partial charge is 0.184 e. The Kier molecular flexibility index (Phi) is 10.8. The number of nitrogens with zero attached hydrogens (tertiary/aromatic N) is 1. The molecule has 0 bridgehead atoms. The van der Waals surface area contributed by atoms with E-state index in [4.69, 9.17) is 14.2 Å². The van der Waals surface area contributed by atoms with Crippen LogP contribution < -0.4 is 4.74 Å². The van der Waals surface area contributed by atoms with Crippen molar-refractivity contribution in [2.24, 2.45) is 0 Å². The van der Waals surface area contributed by atoms with Crippen molar-refractivity contribution < 1.29 is 34.6 Å². The highest BCUT2D eigenvalue weighted by molar-refractivity contribution is 5.79. The second-order valence-electron chi connectivity index (χ2n) is 8.60. The third-order valence-corrected chi connectivity index (χ3v) is 6.03. The first-order valence-corrected chi connectivity index (χ1v) is 12.0. The van der Waals surface area contributed by atoms with Gasteiger partial charge in [0.05, 0.1) is 18.7 Å². The van der Waals surface area contributed by atoms with Crippen molar-refractivity contribution in [2.75, 3.05) is 19.8 Å². The SMILES string of the molecule is OC[C@H]1OC(O)[C@H](O)[C@@H](OCCCCCCCCCCOc2ccc3ncccc3c2)[C@@H]1O. The summed E-state index contributed by atoms with van der Waals surface area (Å²) in [5.74, 6) is 0.889. The topological polar surface area (TPSA) is 122 Å². The molecule has 1 aromatic carbocycles. The molecule has 1 aliphatic heterocycles. The Balaban J connectivity index is 1.16. The Labute approximate surface area is 195 Å². The standard InChI is InChI=1S/C25H37NO7/c27-17-21-22(28)24(23(29)25(30)33-21)32-15-8-6-4-2-1-3-5-7-14-31-19-11-12-20-18(16-19)10-9-13-26-20/h9-13,16,21-25,27-30H,1-8,14-15,17H2/t21-,22-,23-,24+,25?/m1/s1. The van der Waals surface area contributed by atoms with Gasteiger partial charge in [-0.25, -0.2) is 0 Å². The van der Waals surface area contributed by atoms with Crippen molar-refractivity contribution in [2.45, 2.75) is 82.1 Å². The number of aliphatic hydroxyl groups is 4. The molecule has 1 unspecified atom stereocenters. The second-order valence-corrected chi connectivity index (χ2v) is 8.60. The van der Waals surface area contributed by atoms with Gasteiger partial charge >= 0.3 is 0 Å². The predicted octanol–water partition coefficient (Wildman–Crippen LogP) is 2.55. The van der Waals surface area contributed by atoms with Gasteiger partial charge in [0.1, 0.15) is 30.2 Å². The Morgan fingerprint density at radius 3 is 2.27 bits per heavy atom. The van der Waals surface area contributed by atoms with Gasteiger partial charge in [-0.1, -0.05) is 44.6 Å². The molecule has 0 saturated carbocycles. The Morgan fingerprint density at radius 1 is 0.848 bits per heavy atom. The monoisotopic (exact) mass is 463 g/mol. The van der Waals surface area contributed by atoms with Crippen LogP contribution >= 0.6 is 0 Å². The molecule has 0 amide bonds. The van der Waals surface area contributed by atoms with Crippen molar-refractivity contribution in [3.8, 4) is 5.75 Å². The van der Waals surface area contributed by atoms with Crippen LogP contribution in [0, 0.1) is 0 Å². The number of hydrogen-bond acceptors (Lipinski definition) is 8. The number of aliphatic hydroxyl groups excluding tert-OH is 4. The quantitative estimate of drug-likeness (QED) is 0.316. The minimum absolute atomic E-state index is 0.381. The molecule has 1 aliphatic rings. The first-order valence-electron chi connectivity index (χ1n) is 12.0. The fourth-order valence-corrected chi connectivity index (χ4v) is 4.08. The van der Waals surface area contributed by atoms with Crippen LogP contribution in [0.2, 0.25) is 0 Å². The lowest BCUT2D eigenvalue weighted by atomic mass is 9.99. The summed E-state index contributed by atoms with van der Waals surface area (Å²) in [6.45, 7) is 0.656. The van der Waals surface area contributed by atoms with Crippen LogP contribution in [0.3, 0.4) is 0 Å². The summed E-state index contributed by atoms with van der Waals surface area (Å²) in [5.41, 5.74) is 0.976. The molecule has 33 heavy (non-hydrogen) atoms. The lowest BCUT2D eigenvalue weighted by Crippen LogP contribution is -2.59. The molecule has 1 fully saturated rings. The Hall–Kier alpha value is -1.81. The Morgan fingerprint density at radius 2 is 1.55 bits per heavy atom. The second kappa shape index (κ2) is 13.8. The maximum atomic E-state index is 10.1. The molecule has 2 aromatic rings. The molecule has 8 nitrogen and oxygen atoms in total. The molecular weight excluding hydrogens is 426 g/mol. The zero-order valence-corrected chi connectivity index (χ0v) is 19.1. The molecular formula is C25H37NO7. The fourth-order valence-electron chi connectivity index (χ4n) is 4.08. The van der Waals surface area contributed by atoms with Gasteiger partial charge in [0.2, 0.25) is 0 Å². The van der Waals surface area contributed by atoms with Crippen LogP contribution in [-0.2, 0) is 9.47 Å². The zero-order chi connectivity index (χ0) is 23.5. The van der Waals surface area contributed by atoms with E-state index >= 15 is 0 Å². The normalized spacial score (nSPS) is 25.4. The Bertz CT molecular complexity index is 820. The van der Waals surface area contributed by atoms with Crippen LogP contribution in [0.15, 0.2) is 36.5 Å². The first kappa shape index (κ1) is 25.8. The van der Waals surface area contributed by atoms with Crippen molar-refractivity contribution in [1.29, 1.82) is 0 Å². The summed E-state index contributed by atoms with van der Waals surface area (Å²) in [7, 11) is 0. The fraction of sp³-hybridized carbons (Fsp3) is 0.640. The van der Waals surface area contributed by atoms with E-state index in [1.807, 2.05) is 30.3 Å². The minimum Gasteiger partial charge on any atom is -0.494 e. The molecule has 1 aromatic heterocycles. The van der Waals surface area contributed by atoms with Crippen LogP contribution in [-0.4, -0.2) is 75.9 Å². The predicted molar refractivity (Wildman–Crippen MR) is 124 cm³/mol. The lowest BCUT2D eigenvalue weighted by molar-refractivity contribution is -0.294. The molecule has 0 spiro atoms. The van der Waals surface area contributed by atoms with E-state index in [2.05, 4.69) is 4.98 Å². The summed E-state index contributed by atoms with van der Waals surface area (Å²) in [6.07, 6.45) is 4.54. The average Bonchev–Trinajstić information content (AvgIpc) is 2.83. The number of fused-ring (bicyclic) bond motifs is 1. The number of benzene rings is 1. The summed E-state index contributed by atoms with van der Waals surface area (Å²) in [4.78, 5) is 4.32. The van der Waals surface area contributed by atoms with Crippen molar-refractivity contribution >= 4 is 10.9 Å². The number of hydrogen-bond donors (Lipinski definition) is 4. The maximum absolute atomic E-state index is 10.1. The van der Waals surface area contributed by atoms with Gasteiger partial charge in [0, 0.05) is 18.2 Å². The van der Waals surface area contributed by atoms with Gasteiger partial charge < -0.3 is 34.6 Å². The van der Waals surface area contributed by atoms with E-state index < -0.39 is 37.3 Å². The van der Waals surface area contributed by atoms with Crippen molar-refractivity contribution in [3.63, 3.8) is 0 Å². The molecule has 184 valence electrons.